The van der Waals surface area contributed by atoms with E-state index in [1.807, 2.05) is 6.07 Å². The lowest BCUT2D eigenvalue weighted by Gasteiger charge is -2.35. The zero-order valence-electron chi connectivity index (χ0n) is 11.5. The summed E-state index contributed by atoms with van der Waals surface area (Å²) in [5.41, 5.74) is 1.35. The number of rotatable bonds is 4. The quantitative estimate of drug-likeness (QED) is 0.901. The molecule has 3 rings (SSSR count). The molecule has 1 aromatic rings. The Kier molecular flexibility index (Phi) is 3.89. The Morgan fingerprint density at radius 2 is 2.00 bits per heavy atom. The highest BCUT2D eigenvalue weighted by molar-refractivity contribution is 5.45. The van der Waals surface area contributed by atoms with Crippen LogP contribution in [0.1, 0.15) is 31.4 Å². The van der Waals surface area contributed by atoms with Crippen molar-refractivity contribution in [3.8, 4) is 11.5 Å². The number of nitrogens with zero attached hydrogens (tertiary/aromatic N) is 1. The molecule has 0 bridgehead atoms. The minimum absolute atomic E-state index is 0.352. The van der Waals surface area contributed by atoms with Gasteiger partial charge in [-0.2, -0.15) is 0 Å². The number of piperazine rings is 1. The maximum Gasteiger partial charge on any atom is 0.231 e. The van der Waals surface area contributed by atoms with E-state index in [1.54, 1.807) is 0 Å². The van der Waals surface area contributed by atoms with Gasteiger partial charge in [-0.15, -0.1) is 0 Å². The smallest absolute Gasteiger partial charge is 0.231 e. The molecule has 0 spiro atoms. The highest BCUT2D eigenvalue weighted by Gasteiger charge is 2.23. The first-order chi connectivity index (χ1) is 9.38. The van der Waals surface area contributed by atoms with Crippen LogP contribution in [0, 0.1) is 0 Å². The highest BCUT2D eigenvalue weighted by atomic mass is 16.7. The molecule has 1 atom stereocenters. The number of fused-ring (bicyclic) bond motifs is 1. The number of ether oxygens (including phenoxy) is 2. The first-order valence-electron chi connectivity index (χ1n) is 7.23. The van der Waals surface area contributed by atoms with Crippen molar-refractivity contribution in [1.82, 2.24) is 10.2 Å². The molecule has 4 nitrogen and oxygen atoms in total. The monoisotopic (exact) mass is 262 g/mol. The van der Waals surface area contributed by atoms with Gasteiger partial charge in [-0.05, 0) is 24.1 Å². The third-order valence-electron chi connectivity index (χ3n) is 3.94. The van der Waals surface area contributed by atoms with Gasteiger partial charge in [0.05, 0.1) is 0 Å². The van der Waals surface area contributed by atoms with Gasteiger partial charge < -0.3 is 14.8 Å². The Morgan fingerprint density at radius 3 is 2.79 bits per heavy atom. The van der Waals surface area contributed by atoms with Gasteiger partial charge in [-0.1, -0.05) is 19.4 Å². The fraction of sp³-hybridized carbons (Fsp3) is 0.600. The minimum atomic E-state index is 0.352. The Morgan fingerprint density at radius 1 is 1.21 bits per heavy atom. The molecule has 0 radical (unpaired) electrons. The predicted octanol–water partition coefficient (Wildman–Crippen LogP) is 2.16. The molecule has 1 saturated heterocycles. The summed E-state index contributed by atoms with van der Waals surface area (Å²) in [7, 11) is 0. The molecule has 4 heteroatoms. The molecule has 2 aliphatic heterocycles. The van der Waals surface area contributed by atoms with Crippen LogP contribution >= 0.6 is 0 Å². The second-order valence-corrected chi connectivity index (χ2v) is 5.20. The fourth-order valence-corrected chi connectivity index (χ4v) is 2.95. The van der Waals surface area contributed by atoms with Crippen molar-refractivity contribution >= 4 is 0 Å². The van der Waals surface area contributed by atoms with Crippen LogP contribution in [0.15, 0.2) is 18.2 Å². The Bertz CT molecular complexity index is 430. The fourth-order valence-electron chi connectivity index (χ4n) is 2.95. The molecule has 0 saturated carbocycles. The van der Waals surface area contributed by atoms with Crippen molar-refractivity contribution < 1.29 is 9.47 Å². The van der Waals surface area contributed by atoms with Crippen molar-refractivity contribution in [1.29, 1.82) is 0 Å². The largest absolute Gasteiger partial charge is 0.454 e. The number of nitrogens with one attached hydrogen (secondary N) is 1. The molecular weight excluding hydrogens is 240 g/mol. The lowest BCUT2D eigenvalue weighted by atomic mass is 9.99. The summed E-state index contributed by atoms with van der Waals surface area (Å²) in [5, 5.41) is 3.42. The Labute approximate surface area is 114 Å². The molecule has 104 valence electrons. The average Bonchev–Trinajstić information content (AvgIpc) is 2.93. The van der Waals surface area contributed by atoms with Crippen LogP contribution in [-0.4, -0.2) is 37.9 Å². The second kappa shape index (κ2) is 5.80. The van der Waals surface area contributed by atoms with Crippen molar-refractivity contribution in [3.05, 3.63) is 23.8 Å². The van der Waals surface area contributed by atoms with Gasteiger partial charge in [0.15, 0.2) is 11.5 Å². The molecule has 19 heavy (non-hydrogen) atoms. The zero-order chi connectivity index (χ0) is 13.1. The van der Waals surface area contributed by atoms with Crippen LogP contribution in [-0.2, 0) is 0 Å². The number of benzene rings is 1. The molecule has 1 fully saturated rings. The van der Waals surface area contributed by atoms with E-state index < -0.39 is 0 Å². The van der Waals surface area contributed by atoms with E-state index in [9.17, 15) is 0 Å². The van der Waals surface area contributed by atoms with Crippen LogP contribution in [0.3, 0.4) is 0 Å². The van der Waals surface area contributed by atoms with Crippen LogP contribution in [0.4, 0.5) is 0 Å². The standard InChI is InChI=1S/C15H22N2O2/c1-2-3-13(17-8-6-16-7-9-17)12-4-5-14-15(10-12)19-11-18-14/h4-5,10,13,16H,2-3,6-9,11H2,1H3/t13-/m0/s1. The van der Waals surface area contributed by atoms with E-state index >= 15 is 0 Å². The molecular formula is C15H22N2O2. The maximum absolute atomic E-state index is 5.50. The first kappa shape index (κ1) is 12.8. The van der Waals surface area contributed by atoms with Gasteiger partial charge in [0, 0.05) is 32.2 Å². The number of hydrogen-bond donors (Lipinski definition) is 1. The Balaban J connectivity index is 1.82. The van der Waals surface area contributed by atoms with Gasteiger partial charge >= 0.3 is 0 Å². The minimum Gasteiger partial charge on any atom is -0.454 e. The predicted molar refractivity (Wildman–Crippen MR) is 74.7 cm³/mol. The summed E-state index contributed by atoms with van der Waals surface area (Å²) in [6, 6.07) is 6.89. The van der Waals surface area contributed by atoms with Gasteiger partial charge in [-0.3, -0.25) is 4.90 Å². The number of hydrogen-bond acceptors (Lipinski definition) is 4. The molecule has 0 aromatic heterocycles. The van der Waals surface area contributed by atoms with Crippen LogP contribution < -0.4 is 14.8 Å². The summed E-state index contributed by atoms with van der Waals surface area (Å²) in [6.45, 7) is 7.03. The molecule has 2 aliphatic rings. The average molecular weight is 262 g/mol. The lowest BCUT2D eigenvalue weighted by Crippen LogP contribution is -2.45. The van der Waals surface area contributed by atoms with Crippen LogP contribution in [0.25, 0.3) is 0 Å². The Hall–Kier alpha value is -1.26. The van der Waals surface area contributed by atoms with E-state index in [2.05, 4.69) is 29.3 Å². The van der Waals surface area contributed by atoms with Crippen molar-refractivity contribution in [2.24, 2.45) is 0 Å². The van der Waals surface area contributed by atoms with E-state index in [1.165, 1.54) is 18.4 Å². The third-order valence-corrected chi connectivity index (χ3v) is 3.94. The van der Waals surface area contributed by atoms with Crippen LogP contribution in [0.2, 0.25) is 0 Å². The van der Waals surface area contributed by atoms with Crippen molar-refractivity contribution in [2.75, 3.05) is 33.0 Å². The summed E-state index contributed by atoms with van der Waals surface area (Å²) < 4.78 is 10.9. The van der Waals surface area contributed by atoms with Crippen molar-refractivity contribution in [2.45, 2.75) is 25.8 Å². The van der Waals surface area contributed by atoms with Crippen LogP contribution in [0.5, 0.6) is 11.5 Å². The van der Waals surface area contributed by atoms with Gasteiger partial charge in [0.25, 0.3) is 0 Å². The highest BCUT2D eigenvalue weighted by Crippen LogP contribution is 2.36. The topological polar surface area (TPSA) is 33.7 Å². The summed E-state index contributed by atoms with van der Waals surface area (Å²) in [4.78, 5) is 2.58. The zero-order valence-corrected chi connectivity index (χ0v) is 11.5. The molecule has 1 aromatic carbocycles. The SMILES string of the molecule is CCC[C@@H](c1ccc2c(c1)OCO2)N1CCNCC1. The van der Waals surface area contributed by atoms with E-state index in [0.717, 1.165) is 37.7 Å². The normalized spacial score (nSPS) is 20.5. The van der Waals surface area contributed by atoms with Gasteiger partial charge in [0.1, 0.15) is 0 Å². The summed E-state index contributed by atoms with van der Waals surface area (Å²) >= 11 is 0. The molecule has 0 unspecified atom stereocenters. The summed E-state index contributed by atoms with van der Waals surface area (Å²) in [6.07, 6.45) is 2.39. The van der Waals surface area contributed by atoms with E-state index in [0.29, 0.717) is 12.8 Å². The third kappa shape index (κ3) is 2.69. The molecule has 0 aliphatic carbocycles. The maximum atomic E-state index is 5.50. The lowest BCUT2D eigenvalue weighted by molar-refractivity contribution is 0.163. The van der Waals surface area contributed by atoms with E-state index in [-0.39, 0.29) is 0 Å². The molecule has 2 heterocycles. The molecule has 1 N–H and O–H groups in total. The second-order valence-electron chi connectivity index (χ2n) is 5.20. The van der Waals surface area contributed by atoms with Gasteiger partial charge in [-0.25, -0.2) is 0 Å². The molecule has 0 amide bonds. The first-order valence-corrected chi connectivity index (χ1v) is 7.23. The van der Waals surface area contributed by atoms with E-state index in [4.69, 9.17) is 9.47 Å². The van der Waals surface area contributed by atoms with Gasteiger partial charge in [0.2, 0.25) is 6.79 Å². The van der Waals surface area contributed by atoms with Crippen molar-refractivity contribution in [3.63, 3.8) is 0 Å². The summed E-state index contributed by atoms with van der Waals surface area (Å²) in [5.74, 6) is 1.77.